The van der Waals surface area contributed by atoms with Crippen LogP contribution in [0.4, 0.5) is 4.39 Å². The summed E-state index contributed by atoms with van der Waals surface area (Å²) in [5.74, 6) is 0.299. The van der Waals surface area contributed by atoms with E-state index in [4.69, 9.17) is 4.74 Å². The second-order valence-corrected chi connectivity index (χ2v) is 9.20. The SMILES string of the molecule is Fc1ccc(Br)c(OC2CCN(N3C=Cc4sc(Br)nc4C3)CC2)c1. The Kier molecular flexibility index (Phi) is 5.13. The van der Waals surface area contributed by atoms with Crippen LogP contribution in [0, 0.1) is 5.82 Å². The molecule has 0 bridgehead atoms. The van der Waals surface area contributed by atoms with Gasteiger partial charge in [0.25, 0.3) is 0 Å². The van der Waals surface area contributed by atoms with Crippen molar-refractivity contribution < 1.29 is 9.13 Å². The Bertz CT molecular complexity index is 805. The molecule has 132 valence electrons. The molecule has 2 aromatic rings. The summed E-state index contributed by atoms with van der Waals surface area (Å²) in [4.78, 5) is 5.75. The molecule has 3 heterocycles. The molecule has 4 nitrogen and oxygen atoms in total. The van der Waals surface area contributed by atoms with Crippen molar-refractivity contribution >= 4 is 49.3 Å². The van der Waals surface area contributed by atoms with Crippen LogP contribution in [0.25, 0.3) is 6.08 Å². The number of thiazole rings is 1. The molecule has 2 aliphatic heterocycles. The van der Waals surface area contributed by atoms with Crippen LogP contribution < -0.4 is 4.74 Å². The van der Waals surface area contributed by atoms with Gasteiger partial charge in [0, 0.05) is 25.4 Å². The monoisotopic (exact) mass is 487 g/mol. The summed E-state index contributed by atoms with van der Waals surface area (Å²) in [5, 5.41) is 4.55. The molecule has 0 saturated carbocycles. The first kappa shape index (κ1) is 17.5. The molecule has 1 aromatic heterocycles. The Balaban J connectivity index is 1.35. The molecule has 0 aliphatic carbocycles. The predicted molar refractivity (Wildman–Crippen MR) is 104 cm³/mol. The van der Waals surface area contributed by atoms with Crippen molar-refractivity contribution in [2.45, 2.75) is 25.5 Å². The maximum absolute atomic E-state index is 13.4. The highest BCUT2D eigenvalue weighted by atomic mass is 79.9. The lowest BCUT2D eigenvalue weighted by molar-refractivity contribution is -0.0319. The van der Waals surface area contributed by atoms with E-state index in [1.54, 1.807) is 17.4 Å². The van der Waals surface area contributed by atoms with E-state index in [1.807, 2.05) is 0 Å². The third kappa shape index (κ3) is 3.92. The number of hydrogen-bond acceptors (Lipinski definition) is 5. The van der Waals surface area contributed by atoms with Crippen LogP contribution >= 0.6 is 43.2 Å². The van der Waals surface area contributed by atoms with E-state index < -0.39 is 0 Å². The van der Waals surface area contributed by atoms with E-state index in [2.05, 4.69) is 59.1 Å². The van der Waals surface area contributed by atoms with Crippen LogP contribution in [-0.2, 0) is 6.54 Å². The average molecular weight is 489 g/mol. The van der Waals surface area contributed by atoms with E-state index in [0.717, 1.165) is 46.6 Å². The Labute approximate surface area is 166 Å². The summed E-state index contributed by atoms with van der Waals surface area (Å²) in [6, 6.07) is 4.54. The van der Waals surface area contributed by atoms with Crippen molar-refractivity contribution in [3.8, 4) is 5.75 Å². The van der Waals surface area contributed by atoms with Crippen LogP contribution in [0.1, 0.15) is 23.4 Å². The molecular formula is C17H16Br2FN3OS. The van der Waals surface area contributed by atoms with Gasteiger partial charge in [-0.15, -0.1) is 11.3 Å². The van der Waals surface area contributed by atoms with Gasteiger partial charge in [0.2, 0.25) is 0 Å². The Morgan fingerprint density at radius 1 is 1.24 bits per heavy atom. The van der Waals surface area contributed by atoms with Crippen LogP contribution in [0.2, 0.25) is 0 Å². The highest BCUT2D eigenvalue weighted by Crippen LogP contribution is 2.31. The quantitative estimate of drug-likeness (QED) is 0.604. The minimum atomic E-state index is -0.278. The molecule has 4 rings (SSSR count). The summed E-state index contributed by atoms with van der Waals surface area (Å²) < 4.78 is 21.1. The number of aromatic nitrogens is 1. The lowest BCUT2D eigenvalue weighted by Crippen LogP contribution is -2.46. The Hall–Kier alpha value is -0.960. The van der Waals surface area contributed by atoms with Gasteiger partial charge in [0.15, 0.2) is 3.92 Å². The standard InChI is InChI=1S/C17H16Br2FN3OS/c18-13-2-1-11(20)9-15(13)24-12-3-6-22(7-4-12)23-8-5-16-14(10-23)21-17(19)25-16/h1-2,5,8-9,12H,3-4,6-7,10H2. The number of hydrazine groups is 1. The number of rotatable bonds is 3. The molecule has 1 aromatic carbocycles. The third-order valence-electron chi connectivity index (χ3n) is 4.38. The van der Waals surface area contributed by atoms with Crippen LogP contribution in [0.5, 0.6) is 5.75 Å². The van der Waals surface area contributed by atoms with Gasteiger partial charge >= 0.3 is 0 Å². The molecule has 1 saturated heterocycles. The number of halogens is 3. The van der Waals surface area contributed by atoms with Gasteiger partial charge in [-0.05, 0) is 62.9 Å². The number of piperidine rings is 1. The first-order valence-electron chi connectivity index (χ1n) is 8.05. The van der Waals surface area contributed by atoms with Crippen LogP contribution in [0.15, 0.2) is 32.8 Å². The fraction of sp³-hybridized carbons (Fsp3) is 0.353. The minimum Gasteiger partial charge on any atom is -0.489 e. The van der Waals surface area contributed by atoms with Crippen molar-refractivity contribution in [3.63, 3.8) is 0 Å². The fourth-order valence-electron chi connectivity index (χ4n) is 3.10. The molecule has 8 heteroatoms. The van der Waals surface area contributed by atoms with Crippen LogP contribution in [-0.4, -0.2) is 34.2 Å². The molecule has 0 unspecified atom stereocenters. The van der Waals surface area contributed by atoms with E-state index in [9.17, 15) is 4.39 Å². The van der Waals surface area contributed by atoms with Gasteiger partial charge in [0.05, 0.1) is 21.6 Å². The Morgan fingerprint density at radius 2 is 2.04 bits per heavy atom. The molecule has 0 amide bonds. The van der Waals surface area contributed by atoms with Crippen molar-refractivity contribution in [1.82, 2.24) is 15.0 Å². The van der Waals surface area contributed by atoms with Gasteiger partial charge in [-0.3, -0.25) is 0 Å². The summed E-state index contributed by atoms with van der Waals surface area (Å²) in [7, 11) is 0. The zero-order valence-corrected chi connectivity index (χ0v) is 17.3. The first-order chi connectivity index (χ1) is 12.1. The van der Waals surface area contributed by atoms with Crippen molar-refractivity contribution in [2.75, 3.05) is 13.1 Å². The number of benzene rings is 1. The summed E-state index contributed by atoms with van der Waals surface area (Å²) in [5.41, 5.74) is 1.11. The van der Waals surface area contributed by atoms with E-state index in [-0.39, 0.29) is 11.9 Å². The second kappa shape index (κ2) is 7.34. The highest BCUT2D eigenvalue weighted by molar-refractivity contribution is 9.11. The molecule has 1 fully saturated rings. The predicted octanol–water partition coefficient (Wildman–Crippen LogP) is 5.05. The van der Waals surface area contributed by atoms with Gasteiger partial charge in [-0.2, -0.15) is 0 Å². The highest BCUT2D eigenvalue weighted by Gasteiger charge is 2.26. The van der Waals surface area contributed by atoms with Gasteiger partial charge in [-0.25, -0.2) is 14.4 Å². The van der Waals surface area contributed by atoms with E-state index >= 15 is 0 Å². The number of ether oxygens (including phenoxy) is 1. The molecule has 0 radical (unpaired) electrons. The minimum absolute atomic E-state index is 0.104. The molecule has 0 spiro atoms. The average Bonchev–Trinajstić information content (AvgIpc) is 2.98. The molecule has 0 atom stereocenters. The smallest absolute Gasteiger partial charge is 0.160 e. The van der Waals surface area contributed by atoms with E-state index in [0.29, 0.717) is 5.75 Å². The second-order valence-electron chi connectivity index (χ2n) is 6.04. The third-order valence-corrected chi connectivity index (χ3v) is 6.55. The van der Waals surface area contributed by atoms with Gasteiger partial charge < -0.3 is 9.75 Å². The Morgan fingerprint density at radius 3 is 2.84 bits per heavy atom. The normalized spacial score (nSPS) is 18.4. The first-order valence-corrected chi connectivity index (χ1v) is 10.5. The van der Waals surface area contributed by atoms with Crippen molar-refractivity contribution in [1.29, 1.82) is 0 Å². The van der Waals surface area contributed by atoms with Gasteiger partial charge in [-0.1, -0.05) is 0 Å². The number of hydrogen-bond donors (Lipinski definition) is 0. The lowest BCUT2D eigenvalue weighted by Gasteiger charge is -2.40. The van der Waals surface area contributed by atoms with Crippen LogP contribution in [0.3, 0.4) is 0 Å². The maximum atomic E-state index is 13.4. The van der Waals surface area contributed by atoms with Crippen molar-refractivity contribution in [3.05, 3.63) is 49.2 Å². The van der Waals surface area contributed by atoms with E-state index in [1.165, 1.54) is 17.0 Å². The van der Waals surface area contributed by atoms with Gasteiger partial charge in [0.1, 0.15) is 17.7 Å². The summed E-state index contributed by atoms with van der Waals surface area (Å²) in [6.45, 7) is 2.61. The molecular weight excluding hydrogens is 473 g/mol. The zero-order valence-electron chi connectivity index (χ0n) is 13.3. The molecule has 0 N–H and O–H groups in total. The number of nitrogens with zero attached hydrogens (tertiary/aromatic N) is 3. The molecule has 25 heavy (non-hydrogen) atoms. The summed E-state index contributed by atoms with van der Waals surface area (Å²) >= 11 is 8.53. The number of fused-ring (bicyclic) bond motifs is 1. The lowest BCUT2D eigenvalue weighted by atomic mass is 10.1. The molecule has 2 aliphatic rings. The van der Waals surface area contributed by atoms with Crippen molar-refractivity contribution in [2.24, 2.45) is 0 Å². The zero-order chi connectivity index (χ0) is 17.4. The largest absolute Gasteiger partial charge is 0.489 e. The summed E-state index contributed by atoms with van der Waals surface area (Å²) in [6.07, 6.45) is 6.15. The maximum Gasteiger partial charge on any atom is 0.160 e. The fourth-order valence-corrected chi connectivity index (χ4v) is 4.87. The topological polar surface area (TPSA) is 28.6 Å².